The van der Waals surface area contributed by atoms with Crippen LogP contribution < -0.4 is 0 Å². The highest BCUT2D eigenvalue weighted by Gasteiger charge is 2.28. The Morgan fingerprint density at radius 3 is 2.38 bits per heavy atom. The third kappa shape index (κ3) is 4.20. The molecule has 0 radical (unpaired) electrons. The van der Waals surface area contributed by atoms with Gasteiger partial charge in [0.25, 0.3) is 5.69 Å². The Morgan fingerprint density at radius 2 is 1.90 bits per heavy atom. The summed E-state index contributed by atoms with van der Waals surface area (Å²) in [7, 11) is 0. The molecule has 0 unspecified atom stereocenters. The Kier molecular flexibility index (Phi) is 4.57. The van der Waals surface area contributed by atoms with Crippen molar-refractivity contribution in [3.63, 3.8) is 0 Å². The van der Waals surface area contributed by atoms with E-state index in [9.17, 15) is 24.1 Å². The first-order chi connectivity index (χ1) is 9.53. The van der Waals surface area contributed by atoms with E-state index in [1.54, 1.807) is 20.8 Å². The van der Waals surface area contributed by atoms with Gasteiger partial charge < -0.3 is 4.74 Å². The minimum Gasteiger partial charge on any atom is -0.456 e. The normalized spacial score (nSPS) is 10.9. The van der Waals surface area contributed by atoms with Crippen molar-refractivity contribution in [1.29, 1.82) is 0 Å². The maximum absolute atomic E-state index is 13.2. The summed E-state index contributed by atoms with van der Waals surface area (Å²) in [6, 6.07) is 2.39. The molecular weight excluding hydrogens is 281 g/mol. The van der Waals surface area contributed by atoms with Crippen LogP contribution in [0.5, 0.6) is 0 Å². The molecule has 0 aliphatic carbocycles. The highest BCUT2D eigenvalue weighted by Crippen LogP contribution is 2.23. The van der Waals surface area contributed by atoms with Crippen molar-refractivity contribution in [2.24, 2.45) is 0 Å². The number of carbonyl (C=O) groups is 2. The van der Waals surface area contributed by atoms with E-state index in [1.165, 1.54) is 0 Å². The van der Waals surface area contributed by atoms with E-state index in [4.69, 9.17) is 4.74 Å². The minimum absolute atomic E-state index is 0.546. The lowest BCUT2D eigenvalue weighted by Gasteiger charge is -2.19. The number of nitro benzene ring substituents is 1. The first kappa shape index (κ1) is 16.5. The zero-order valence-electron chi connectivity index (χ0n) is 11.8. The molecule has 0 aromatic heterocycles. The van der Waals surface area contributed by atoms with Crippen molar-refractivity contribution in [3.05, 3.63) is 51.8 Å². The third-order valence-electron chi connectivity index (χ3n) is 2.32. The molecule has 0 spiro atoms. The molecule has 0 heterocycles. The smallest absolute Gasteiger partial charge is 0.342 e. The molecule has 1 rings (SSSR count). The van der Waals surface area contributed by atoms with Crippen molar-refractivity contribution < 1.29 is 23.6 Å². The molecule has 0 saturated heterocycles. The number of carbonyl (C=O) groups excluding carboxylic acids is 2. The summed E-state index contributed by atoms with van der Waals surface area (Å²) < 4.78 is 18.1. The minimum atomic E-state index is -1.05. The predicted molar refractivity (Wildman–Crippen MR) is 72.4 cm³/mol. The maximum Gasteiger partial charge on any atom is 0.342 e. The van der Waals surface area contributed by atoms with Crippen LogP contribution in [-0.4, -0.2) is 22.3 Å². The molecule has 0 saturated carbocycles. The van der Waals surface area contributed by atoms with Gasteiger partial charge in [-0.3, -0.25) is 14.9 Å². The summed E-state index contributed by atoms with van der Waals surface area (Å²) in [5, 5.41) is 10.8. The SMILES string of the molecule is C=C(C(=O)OC(C)(C)C)C(=O)c1cc(F)ccc1[N+](=O)[O-]. The third-order valence-corrected chi connectivity index (χ3v) is 2.32. The standard InChI is InChI=1S/C14H14FNO5/c1-8(13(18)21-14(2,3)4)12(17)10-7-9(15)5-6-11(10)16(19)20/h5-7H,1H2,2-4H3. The van der Waals surface area contributed by atoms with Gasteiger partial charge in [0.15, 0.2) is 0 Å². The number of hydrogen-bond donors (Lipinski definition) is 0. The number of rotatable bonds is 4. The summed E-state index contributed by atoms with van der Waals surface area (Å²) >= 11 is 0. The molecule has 0 N–H and O–H groups in total. The quantitative estimate of drug-likeness (QED) is 0.162. The number of hydrogen-bond acceptors (Lipinski definition) is 5. The second-order valence-electron chi connectivity index (χ2n) is 5.23. The zero-order valence-corrected chi connectivity index (χ0v) is 11.8. The lowest BCUT2D eigenvalue weighted by Crippen LogP contribution is -2.27. The molecule has 0 bridgehead atoms. The number of nitro groups is 1. The first-order valence-electron chi connectivity index (χ1n) is 5.94. The fourth-order valence-corrected chi connectivity index (χ4v) is 1.44. The van der Waals surface area contributed by atoms with Gasteiger partial charge in [-0.1, -0.05) is 6.58 Å². The number of benzene rings is 1. The fraction of sp³-hybridized carbons (Fsp3) is 0.286. The average molecular weight is 295 g/mol. The monoisotopic (exact) mass is 295 g/mol. The van der Waals surface area contributed by atoms with Gasteiger partial charge >= 0.3 is 5.97 Å². The van der Waals surface area contributed by atoms with Crippen LogP contribution in [0.25, 0.3) is 0 Å². The summed E-state index contributed by atoms with van der Waals surface area (Å²) in [5.41, 5.74) is -2.60. The topological polar surface area (TPSA) is 86.5 Å². The Bertz CT molecular complexity index is 631. The lowest BCUT2D eigenvalue weighted by atomic mass is 10.0. The molecule has 1 aromatic carbocycles. The van der Waals surface area contributed by atoms with E-state index in [-0.39, 0.29) is 0 Å². The van der Waals surface area contributed by atoms with E-state index in [2.05, 4.69) is 6.58 Å². The fourth-order valence-electron chi connectivity index (χ4n) is 1.44. The van der Waals surface area contributed by atoms with Gasteiger partial charge in [-0.15, -0.1) is 0 Å². The predicted octanol–water partition coefficient (Wildman–Crippen LogP) is 2.81. The van der Waals surface area contributed by atoms with Crippen LogP contribution in [0.15, 0.2) is 30.4 Å². The van der Waals surface area contributed by atoms with Crippen LogP contribution in [0.2, 0.25) is 0 Å². The van der Waals surface area contributed by atoms with E-state index in [1.807, 2.05) is 0 Å². The van der Waals surface area contributed by atoms with Crippen LogP contribution in [0.3, 0.4) is 0 Å². The van der Waals surface area contributed by atoms with Crippen molar-refractivity contribution >= 4 is 17.4 Å². The number of esters is 1. The first-order valence-corrected chi connectivity index (χ1v) is 5.94. The van der Waals surface area contributed by atoms with Gasteiger partial charge in [0.2, 0.25) is 5.78 Å². The van der Waals surface area contributed by atoms with Crippen molar-refractivity contribution in [2.75, 3.05) is 0 Å². The number of ether oxygens (including phenoxy) is 1. The van der Waals surface area contributed by atoms with Crippen molar-refractivity contribution in [3.8, 4) is 0 Å². The Morgan fingerprint density at radius 1 is 1.33 bits per heavy atom. The molecule has 0 aliphatic heterocycles. The van der Waals surface area contributed by atoms with E-state index in [0.717, 1.165) is 12.1 Å². The van der Waals surface area contributed by atoms with E-state index in [0.29, 0.717) is 6.07 Å². The maximum atomic E-state index is 13.2. The van der Waals surface area contributed by atoms with Gasteiger partial charge in [-0.25, -0.2) is 9.18 Å². The van der Waals surface area contributed by atoms with E-state index >= 15 is 0 Å². The Hall–Kier alpha value is -2.57. The second kappa shape index (κ2) is 5.82. The molecule has 0 amide bonds. The Labute approximate surface area is 120 Å². The molecule has 0 fully saturated rings. The van der Waals surface area contributed by atoms with Crippen LogP contribution in [0, 0.1) is 15.9 Å². The number of ketones is 1. The van der Waals surface area contributed by atoms with Crippen LogP contribution in [0.1, 0.15) is 31.1 Å². The average Bonchev–Trinajstić information content (AvgIpc) is 2.34. The number of nitrogens with zero attached hydrogens (tertiary/aromatic N) is 1. The van der Waals surface area contributed by atoms with Gasteiger partial charge in [-0.05, 0) is 32.9 Å². The van der Waals surface area contributed by atoms with E-state index < -0.39 is 44.9 Å². The summed E-state index contributed by atoms with van der Waals surface area (Å²) in [4.78, 5) is 33.8. The van der Waals surface area contributed by atoms with Gasteiger partial charge in [0.1, 0.15) is 22.6 Å². The highest BCUT2D eigenvalue weighted by atomic mass is 19.1. The molecule has 0 aliphatic rings. The summed E-state index contributed by atoms with van der Waals surface area (Å²) in [5.74, 6) is -2.89. The van der Waals surface area contributed by atoms with Crippen LogP contribution in [0.4, 0.5) is 10.1 Å². The molecule has 1 aromatic rings. The van der Waals surface area contributed by atoms with Crippen LogP contribution >= 0.6 is 0 Å². The number of halogens is 1. The van der Waals surface area contributed by atoms with Crippen molar-refractivity contribution in [1.82, 2.24) is 0 Å². The summed E-state index contributed by atoms with van der Waals surface area (Å²) in [6.45, 7) is 8.05. The Balaban J connectivity index is 3.14. The van der Waals surface area contributed by atoms with Gasteiger partial charge in [0, 0.05) is 6.07 Å². The molecule has 112 valence electrons. The van der Waals surface area contributed by atoms with Gasteiger partial charge in [0.05, 0.1) is 4.92 Å². The second-order valence-corrected chi connectivity index (χ2v) is 5.23. The highest BCUT2D eigenvalue weighted by molar-refractivity contribution is 6.25. The molecule has 21 heavy (non-hydrogen) atoms. The molecule has 0 atom stereocenters. The molecule has 7 heteroatoms. The molecular formula is C14H14FNO5. The summed E-state index contributed by atoms with van der Waals surface area (Å²) in [6.07, 6.45) is 0. The molecule has 6 nitrogen and oxygen atoms in total. The van der Waals surface area contributed by atoms with Gasteiger partial charge in [-0.2, -0.15) is 0 Å². The largest absolute Gasteiger partial charge is 0.456 e. The van der Waals surface area contributed by atoms with Crippen LogP contribution in [-0.2, 0) is 9.53 Å². The lowest BCUT2D eigenvalue weighted by molar-refractivity contribution is -0.385. The number of Topliss-reactive ketones (excluding diaryl/α,β-unsaturated/α-hetero) is 1. The zero-order chi connectivity index (χ0) is 16.4. The van der Waals surface area contributed by atoms with Crippen molar-refractivity contribution in [2.45, 2.75) is 26.4 Å².